The van der Waals surface area contributed by atoms with E-state index in [9.17, 15) is 14.9 Å². The molecule has 0 amide bonds. The lowest BCUT2D eigenvalue weighted by atomic mass is 10.1. The monoisotopic (exact) mass is 240 g/mol. The first-order valence-electron chi connectivity index (χ1n) is 5.38. The van der Waals surface area contributed by atoms with Gasteiger partial charge in [-0.3, -0.25) is 19.9 Å². The predicted molar refractivity (Wildman–Crippen MR) is 64.5 cm³/mol. The van der Waals surface area contributed by atoms with E-state index < -0.39 is 4.92 Å². The smallest absolute Gasteiger partial charge is 0.270 e. The second kappa shape index (κ2) is 3.46. The SMILES string of the molecule is Cc1cc2c(cn1)C(=O)c1cc([N+](=O)[O-])ccc1-2. The summed E-state index contributed by atoms with van der Waals surface area (Å²) in [5, 5.41) is 10.7. The van der Waals surface area contributed by atoms with Crippen molar-refractivity contribution in [3.8, 4) is 11.1 Å². The van der Waals surface area contributed by atoms with Crippen LogP contribution in [-0.4, -0.2) is 15.7 Å². The van der Waals surface area contributed by atoms with Gasteiger partial charge < -0.3 is 0 Å². The minimum Gasteiger partial charge on any atom is -0.289 e. The summed E-state index contributed by atoms with van der Waals surface area (Å²) >= 11 is 0. The Kier molecular flexibility index (Phi) is 2.04. The van der Waals surface area contributed by atoms with Crippen molar-refractivity contribution in [1.82, 2.24) is 4.98 Å². The van der Waals surface area contributed by atoms with E-state index in [1.165, 1.54) is 18.3 Å². The van der Waals surface area contributed by atoms with Crippen molar-refractivity contribution in [3.05, 3.63) is 57.4 Å². The zero-order valence-corrected chi connectivity index (χ0v) is 9.51. The van der Waals surface area contributed by atoms with Crippen LogP contribution in [0.15, 0.2) is 30.5 Å². The van der Waals surface area contributed by atoms with E-state index in [4.69, 9.17) is 0 Å². The van der Waals surface area contributed by atoms with Gasteiger partial charge in [0.15, 0.2) is 5.78 Å². The molecule has 5 heteroatoms. The largest absolute Gasteiger partial charge is 0.289 e. The Hall–Kier alpha value is -2.56. The van der Waals surface area contributed by atoms with Crippen LogP contribution in [0.5, 0.6) is 0 Å². The zero-order valence-electron chi connectivity index (χ0n) is 9.51. The van der Waals surface area contributed by atoms with Crippen LogP contribution in [0, 0.1) is 17.0 Å². The summed E-state index contributed by atoms with van der Waals surface area (Å²) in [7, 11) is 0. The van der Waals surface area contributed by atoms with Crippen LogP contribution in [0.4, 0.5) is 5.69 Å². The minimum atomic E-state index is -0.500. The van der Waals surface area contributed by atoms with Crippen LogP contribution in [0.25, 0.3) is 11.1 Å². The number of aromatic nitrogens is 1. The summed E-state index contributed by atoms with van der Waals surface area (Å²) in [5.41, 5.74) is 3.18. The van der Waals surface area contributed by atoms with Crippen molar-refractivity contribution in [1.29, 1.82) is 0 Å². The molecule has 0 aliphatic heterocycles. The van der Waals surface area contributed by atoms with Gasteiger partial charge in [-0.05, 0) is 30.2 Å². The highest BCUT2D eigenvalue weighted by molar-refractivity contribution is 6.21. The highest BCUT2D eigenvalue weighted by atomic mass is 16.6. The Morgan fingerprint density at radius 1 is 1.11 bits per heavy atom. The number of carbonyl (C=O) groups excluding carboxylic acids is 1. The van der Waals surface area contributed by atoms with E-state index in [1.807, 2.05) is 13.0 Å². The fraction of sp³-hybridized carbons (Fsp3) is 0.0769. The highest BCUT2D eigenvalue weighted by Gasteiger charge is 2.28. The molecule has 0 spiro atoms. The van der Waals surface area contributed by atoms with Crippen molar-refractivity contribution >= 4 is 11.5 Å². The number of nitrogens with zero attached hydrogens (tertiary/aromatic N) is 2. The van der Waals surface area contributed by atoms with Gasteiger partial charge in [-0.2, -0.15) is 0 Å². The van der Waals surface area contributed by atoms with E-state index in [-0.39, 0.29) is 11.5 Å². The average molecular weight is 240 g/mol. The standard InChI is InChI=1S/C13H8N2O3/c1-7-4-10-9-3-2-8(15(17)18)5-11(9)13(16)12(10)6-14-7/h2-6H,1H3. The Balaban J connectivity index is 2.27. The first-order valence-corrected chi connectivity index (χ1v) is 5.38. The summed E-state index contributed by atoms with van der Waals surface area (Å²) in [6.45, 7) is 1.84. The minimum absolute atomic E-state index is 0.0698. The summed E-state index contributed by atoms with van der Waals surface area (Å²) in [4.78, 5) is 26.4. The molecule has 88 valence electrons. The first kappa shape index (κ1) is 10.6. The number of pyridine rings is 1. The summed E-state index contributed by atoms with van der Waals surface area (Å²) < 4.78 is 0. The Morgan fingerprint density at radius 3 is 2.61 bits per heavy atom. The number of fused-ring (bicyclic) bond motifs is 3. The molecule has 2 aromatic rings. The molecule has 1 aromatic heterocycles. The van der Waals surface area contributed by atoms with Gasteiger partial charge in [0.1, 0.15) is 0 Å². The van der Waals surface area contributed by atoms with Gasteiger partial charge in [0, 0.05) is 35.2 Å². The number of hydrogen-bond donors (Lipinski definition) is 0. The van der Waals surface area contributed by atoms with Crippen molar-refractivity contribution in [2.45, 2.75) is 6.92 Å². The molecule has 1 aliphatic carbocycles. The number of ketones is 1. The molecule has 0 N–H and O–H groups in total. The third-order valence-electron chi connectivity index (χ3n) is 3.03. The summed E-state index contributed by atoms with van der Waals surface area (Å²) in [6.07, 6.45) is 1.53. The maximum Gasteiger partial charge on any atom is 0.270 e. The van der Waals surface area contributed by atoms with E-state index in [0.717, 1.165) is 16.8 Å². The predicted octanol–water partition coefficient (Wildman–Crippen LogP) is 2.51. The highest BCUT2D eigenvalue weighted by Crippen LogP contribution is 2.37. The van der Waals surface area contributed by atoms with Crippen molar-refractivity contribution < 1.29 is 9.72 Å². The maximum atomic E-state index is 12.1. The molecule has 0 radical (unpaired) electrons. The number of hydrogen-bond acceptors (Lipinski definition) is 4. The molecule has 1 aromatic carbocycles. The van der Waals surface area contributed by atoms with Crippen LogP contribution >= 0.6 is 0 Å². The molecular formula is C13H8N2O3. The van der Waals surface area contributed by atoms with Crippen LogP contribution in [0.2, 0.25) is 0 Å². The second-order valence-electron chi connectivity index (χ2n) is 4.19. The second-order valence-corrected chi connectivity index (χ2v) is 4.19. The van der Waals surface area contributed by atoms with Crippen LogP contribution < -0.4 is 0 Å². The number of nitro groups is 1. The van der Waals surface area contributed by atoms with Gasteiger partial charge in [0.25, 0.3) is 5.69 Å². The number of benzene rings is 1. The number of nitro benzene ring substituents is 1. The summed E-state index contributed by atoms with van der Waals surface area (Å²) in [6, 6.07) is 6.19. The topological polar surface area (TPSA) is 73.1 Å². The van der Waals surface area contributed by atoms with Gasteiger partial charge in [-0.15, -0.1) is 0 Å². The van der Waals surface area contributed by atoms with Gasteiger partial charge >= 0.3 is 0 Å². The molecular weight excluding hydrogens is 232 g/mol. The van der Waals surface area contributed by atoms with Crippen LogP contribution in [0.3, 0.4) is 0 Å². The molecule has 0 saturated heterocycles. The fourth-order valence-corrected chi connectivity index (χ4v) is 2.18. The third-order valence-corrected chi connectivity index (χ3v) is 3.03. The summed E-state index contributed by atoms with van der Waals surface area (Å²) in [5.74, 6) is -0.198. The van der Waals surface area contributed by atoms with Gasteiger partial charge in [0.2, 0.25) is 0 Å². The van der Waals surface area contributed by atoms with E-state index in [1.54, 1.807) is 6.07 Å². The molecule has 0 atom stereocenters. The normalized spacial score (nSPS) is 12.2. The lowest BCUT2D eigenvalue weighted by Crippen LogP contribution is -1.97. The van der Waals surface area contributed by atoms with E-state index in [0.29, 0.717) is 11.1 Å². The van der Waals surface area contributed by atoms with E-state index >= 15 is 0 Å². The lowest BCUT2D eigenvalue weighted by Gasteiger charge is -2.00. The van der Waals surface area contributed by atoms with Gasteiger partial charge in [-0.25, -0.2) is 0 Å². The third kappa shape index (κ3) is 1.34. The Labute approximate surface area is 102 Å². The molecule has 0 bridgehead atoms. The molecule has 0 saturated carbocycles. The van der Waals surface area contributed by atoms with Crippen LogP contribution in [0.1, 0.15) is 21.6 Å². The zero-order chi connectivity index (χ0) is 12.9. The lowest BCUT2D eigenvalue weighted by molar-refractivity contribution is -0.384. The quantitative estimate of drug-likeness (QED) is 0.484. The molecule has 0 unspecified atom stereocenters. The van der Waals surface area contributed by atoms with Gasteiger partial charge in [-0.1, -0.05) is 0 Å². The Morgan fingerprint density at radius 2 is 1.89 bits per heavy atom. The van der Waals surface area contributed by atoms with Crippen LogP contribution in [-0.2, 0) is 0 Å². The molecule has 3 rings (SSSR count). The van der Waals surface area contributed by atoms with Gasteiger partial charge in [0.05, 0.1) is 4.92 Å². The molecule has 5 nitrogen and oxygen atoms in total. The first-order chi connectivity index (χ1) is 8.58. The fourth-order valence-electron chi connectivity index (χ4n) is 2.18. The number of carbonyl (C=O) groups is 1. The molecule has 1 heterocycles. The Bertz CT molecular complexity index is 707. The number of aryl methyl sites for hydroxylation is 1. The van der Waals surface area contributed by atoms with Crippen molar-refractivity contribution in [2.24, 2.45) is 0 Å². The van der Waals surface area contributed by atoms with E-state index in [2.05, 4.69) is 4.98 Å². The number of rotatable bonds is 1. The maximum absolute atomic E-state index is 12.1. The molecule has 1 aliphatic rings. The average Bonchev–Trinajstić information content (AvgIpc) is 2.62. The molecule has 0 fully saturated rings. The number of non-ortho nitro benzene ring substituents is 1. The van der Waals surface area contributed by atoms with Crippen molar-refractivity contribution in [2.75, 3.05) is 0 Å². The van der Waals surface area contributed by atoms with Crippen molar-refractivity contribution in [3.63, 3.8) is 0 Å². The molecule has 18 heavy (non-hydrogen) atoms.